The van der Waals surface area contributed by atoms with Gasteiger partial charge in [-0.05, 0) is 41.1 Å². The number of rotatable bonds is 2. The first kappa shape index (κ1) is 11.9. The van der Waals surface area contributed by atoms with Crippen LogP contribution in [0.4, 0.5) is 10.1 Å². The van der Waals surface area contributed by atoms with Crippen molar-refractivity contribution in [2.45, 2.75) is 6.92 Å². The maximum atomic E-state index is 13.4. The van der Waals surface area contributed by atoms with E-state index >= 15 is 0 Å². The van der Waals surface area contributed by atoms with Crippen molar-refractivity contribution in [1.82, 2.24) is 4.98 Å². The average molecular weight is 297 g/mol. The highest BCUT2D eigenvalue weighted by Crippen LogP contribution is 2.32. The van der Waals surface area contributed by atoms with Gasteiger partial charge in [0.05, 0.1) is 11.9 Å². The molecule has 2 N–H and O–H groups in total. The number of ether oxygens (including phenoxy) is 1. The van der Waals surface area contributed by atoms with Crippen LogP contribution in [0.5, 0.6) is 11.5 Å². The average Bonchev–Trinajstić information content (AvgIpc) is 2.30. The lowest BCUT2D eigenvalue weighted by atomic mass is 10.2. The van der Waals surface area contributed by atoms with Gasteiger partial charge in [0.1, 0.15) is 11.6 Å². The lowest BCUT2D eigenvalue weighted by molar-refractivity contribution is 0.471. The number of pyridine rings is 1. The molecule has 0 aliphatic rings. The number of hydrogen-bond acceptors (Lipinski definition) is 3. The van der Waals surface area contributed by atoms with Crippen molar-refractivity contribution in [3.05, 3.63) is 46.4 Å². The van der Waals surface area contributed by atoms with E-state index in [1.54, 1.807) is 19.2 Å². The molecule has 0 saturated heterocycles. The molecule has 0 aliphatic carbocycles. The summed E-state index contributed by atoms with van der Waals surface area (Å²) in [6.07, 6.45) is 3.17. The van der Waals surface area contributed by atoms with Crippen molar-refractivity contribution in [2.75, 3.05) is 5.73 Å². The van der Waals surface area contributed by atoms with Gasteiger partial charge in [0, 0.05) is 16.2 Å². The van der Waals surface area contributed by atoms with Crippen molar-refractivity contribution >= 4 is 21.6 Å². The Bertz CT molecular complexity index is 560. The molecule has 1 aromatic heterocycles. The predicted octanol–water partition coefficient (Wildman–Crippen LogP) is 3.67. The van der Waals surface area contributed by atoms with Crippen molar-refractivity contribution in [3.8, 4) is 11.5 Å². The number of nitrogens with zero attached hydrogens (tertiary/aromatic N) is 1. The molecule has 1 aromatic carbocycles. The molecule has 2 aromatic rings. The Morgan fingerprint density at radius 2 is 2.12 bits per heavy atom. The standard InChI is InChI=1S/C12H10BrFN2O/c1-7-10(14)2-3-11(15)12(7)17-9-4-8(13)5-16-6-9/h2-6H,15H2,1H3. The third-order valence-electron chi connectivity index (χ3n) is 2.27. The van der Waals surface area contributed by atoms with Gasteiger partial charge in [-0.15, -0.1) is 0 Å². The molecule has 88 valence electrons. The van der Waals surface area contributed by atoms with Crippen molar-refractivity contribution in [3.63, 3.8) is 0 Å². The maximum absolute atomic E-state index is 13.4. The Morgan fingerprint density at radius 1 is 1.35 bits per heavy atom. The highest BCUT2D eigenvalue weighted by Gasteiger charge is 2.10. The highest BCUT2D eigenvalue weighted by molar-refractivity contribution is 9.10. The minimum absolute atomic E-state index is 0.324. The molecule has 0 spiro atoms. The minimum atomic E-state index is -0.350. The molecule has 1 heterocycles. The fourth-order valence-corrected chi connectivity index (χ4v) is 1.73. The van der Waals surface area contributed by atoms with E-state index in [9.17, 15) is 4.39 Å². The Kier molecular flexibility index (Phi) is 3.28. The van der Waals surface area contributed by atoms with E-state index in [0.29, 0.717) is 22.7 Å². The zero-order valence-electron chi connectivity index (χ0n) is 9.08. The summed E-state index contributed by atoms with van der Waals surface area (Å²) in [5.41, 5.74) is 6.52. The van der Waals surface area contributed by atoms with Gasteiger partial charge in [-0.3, -0.25) is 4.98 Å². The topological polar surface area (TPSA) is 48.1 Å². The summed E-state index contributed by atoms with van der Waals surface area (Å²) in [5, 5.41) is 0. The third kappa shape index (κ3) is 2.55. The van der Waals surface area contributed by atoms with Gasteiger partial charge >= 0.3 is 0 Å². The van der Waals surface area contributed by atoms with Gasteiger partial charge in [0.2, 0.25) is 0 Å². The fourth-order valence-electron chi connectivity index (χ4n) is 1.39. The second kappa shape index (κ2) is 4.71. The molecule has 0 amide bonds. The maximum Gasteiger partial charge on any atom is 0.156 e. The molecule has 0 saturated carbocycles. The molecule has 0 fully saturated rings. The number of anilines is 1. The number of halogens is 2. The van der Waals surface area contributed by atoms with Crippen LogP contribution < -0.4 is 10.5 Å². The van der Waals surface area contributed by atoms with E-state index in [1.165, 1.54) is 18.3 Å². The summed E-state index contributed by atoms with van der Waals surface area (Å²) in [5.74, 6) is 0.474. The third-order valence-corrected chi connectivity index (χ3v) is 2.70. The summed E-state index contributed by atoms with van der Waals surface area (Å²) in [6.45, 7) is 1.62. The second-order valence-corrected chi connectivity index (χ2v) is 4.45. The fraction of sp³-hybridized carbons (Fsp3) is 0.0833. The van der Waals surface area contributed by atoms with Gasteiger partial charge in [-0.1, -0.05) is 0 Å². The minimum Gasteiger partial charge on any atom is -0.453 e. The molecule has 0 bridgehead atoms. The van der Waals surface area contributed by atoms with E-state index in [1.807, 2.05) is 0 Å². The first-order valence-corrected chi connectivity index (χ1v) is 5.70. The van der Waals surface area contributed by atoms with Crippen LogP contribution in [-0.2, 0) is 0 Å². The summed E-state index contributed by atoms with van der Waals surface area (Å²) in [4.78, 5) is 3.96. The van der Waals surface area contributed by atoms with Crippen LogP contribution >= 0.6 is 15.9 Å². The monoisotopic (exact) mass is 296 g/mol. The van der Waals surface area contributed by atoms with Crippen molar-refractivity contribution in [1.29, 1.82) is 0 Å². The van der Waals surface area contributed by atoms with E-state index in [0.717, 1.165) is 4.47 Å². The molecule has 17 heavy (non-hydrogen) atoms. The Morgan fingerprint density at radius 3 is 2.82 bits per heavy atom. The van der Waals surface area contributed by atoms with Crippen LogP contribution in [0.3, 0.4) is 0 Å². The van der Waals surface area contributed by atoms with Crippen LogP contribution in [0.15, 0.2) is 35.1 Å². The molecule has 5 heteroatoms. The molecular weight excluding hydrogens is 287 g/mol. The Hall–Kier alpha value is -1.62. The summed E-state index contributed by atoms with van der Waals surface area (Å²) in [6, 6.07) is 4.52. The molecular formula is C12H10BrFN2O. The normalized spacial score (nSPS) is 10.3. The zero-order valence-corrected chi connectivity index (χ0v) is 10.7. The summed E-state index contributed by atoms with van der Waals surface area (Å²) >= 11 is 3.28. The number of nitrogen functional groups attached to an aromatic ring is 1. The number of benzene rings is 1. The summed E-state index contributed by atoms with van der Waals surface area (Å²) in [7, 11) is 0. The van der Waals surface area contributed by atoms with Crippen LogP contribution in [0.2, 0.25) is 0 Å². The van der Waals surface area contributed by atoms with Crippen molar-refractivity contribution < 1.29 is 9.13 Å². The number of aromatic nitrogens is 1. The zero-order chi connectivity index (χ0) is 12.4. The first-order chi connectivity index (χ1) is 8.08. The van der Waals surface area contributed by atoms with Crippen LogP contribution in [-0.4, -0.2) is 4.98 Å². The number of nitrogens with two attached hydrogens (primary N) is 1. The predicted molar refractivity (Wildman–Crippen MR) is 67.6 cm³/mol. The smallest absolute Gasteiger partial charge is 0.156 e. The molecule has 0 unspecified atom stereocenters. The molecule has 3 nitrogen and oxygen atoms in total. The van der Waals surface area contributed by atoms with E-state index < -0.39 is 0 Å². The van der Waals surface area contributed by atoms with Crippen LogP contribution in [0, 0.1) is 12.7 Å². The highest BCUT2D eigenvalue weighted by atomic mass is 79.9. The van der Waals surface area contributed by atoms with E-state index in [4.69, 9.17) is 10.5 Å². The molecule has 0 radical (unpaired) electrons. The van der Waals surface area contributed by atoms with Crippen LogP contribution in [0.25, 0.3) is 0 Å². The van der Waals surface area contributed by atoms with E-state index in [2.05, 4.69) is 20.9 Å². The van der Waals surface area contributed by atoms with Gasteiger partial charge in [0.25, 0.3) is 0 Å². The van der Waals surface area contributed by atoms with Gasteiger partial charge in [0.15, 0.2) is 5.75 Å². The second-order valence-electron chi connectivity index (χ2n) is 3.53. The molecule has 0 atom stereocenters. The summed E-state index contributed by atoms with van der Waals surface area (Å²) < 4.78 is 19.7. The lowest BCUT2D eigenvalue weighted by Crippen LogP contribution is -1.97. The SMILES string of the molecule is Cc1c(F)ccc(N)c1Oc1cncc(Br)c1. The first-order valence-electron chi connectivity index (χ1n) is 4.91. The Balaban J connectivity index is 2.39. The quantitative estimate of drug-likeness (QED) is 0.860. The Labute approximate surface area is 107 Å². The van der Waals surface area contributed by atoms with Crippen LogP contribution in [0.1, 0.15) is 5.56 Å². The van der Waals surface area contributed by atoms with E-state index in [-0.39, 0.29) is 5.82 Å². The van der Waals surface area contributed by atoms with Crippen molar-refractivity contribution in [2.24, 2.45) is 0 Å². The largest absolute Gasteiger partial charge is 0.453 e. The van der Waals surface area contributed by atoms with Gasteiger partial charge in [-0.2, -0.15) is 0 Å². The molecule has 2 rings (SSSR count). The van der Waals surface area contributed by atoms with Gasteiger partial charge in [-0.25, -0.2) is 4.39 Å². The lowest BCUT2D eigenvalue weighted by Gasteiger charge is -2.11. The molecule has 0 aliphatic heterocycles. The number of hydrogen-bond donors (Lipinski definition) is 1. The van der Waals surface area contributed by atoms with Gasteiger partial charge < -0.3 is 10.5 Å².